The number of aliphatic hydroxyl groups excluding tert-OH is 1. The van der Waals surface area contributed by atoms with Crippen molar-refractivity contribution in [3.05, 3.63) is 71.8 Å². The Labute approximate surface area is 575 Å². The van der Waals surface area contributed by atoms with E-state index in [0.29, 0.717) is 31.5 Å². The molecule has 0 aromatic heterocycles. The summed E-state index contributed by atoms with van der Waals surface area (Å²) in [5.41, 5.74) is 1.47. The second-order valence-electron chi connectivity index (χ2n) is 28.1. The lowest BCUT2D eigenvalue weighted by atomic mass is 9.97. The first-order valence-electron chi connectivity index (χ1n) is 34.7. The van der Waals surface area contributed by atoms with Crippen molar-refractivity contribution in [2.75, 3.05) is 68.5 Å². The highest BCUT2D eigenvalue weighted by Crippen LogP contribution is 2.23. The van der Waals surface area contributed by atoms with E-state index in [1.165, 1.54) is 90.4 Å². The fourth-order valence-electron chi connectivity index (χ4n) is 12.9. The van der Waals surface area contributed by atoms with Crippen LogP contribution in [0.3, 0.4) is 0 Å². The highest BCUT2D eigenvalue weighted by molar-refractivity contribution is 6.00. The maximum Gasteiger partial charge on any atom is 0.248 e. The van der Waals surface area contributed by atoms with Gasteiger partial charge in [-0.2, -0.15) is 0 Å². The predicted molar refractivity (Wildman–Crippen MR) is 370 cm³/mol. The van der Waals surface area contributed by atoms with E-state index in [1.54, 1.807) is 62.9 Å². The first-order chi connectivity index (χ1) is 45.6. The molecule has 25 nitrogen and oxygen atoms in total. The third-order valence-electron chi connectivity index (χ3n) is 18.7. The largest absolute Gasteiger partial charge is 0.391 e. The smallest absolute Gasteiger partial charge is 0.248 e. The molecule has 4 rings (SSSR count). The molecule has 25 heteroatoms. The number of hydrogen-bond donors (Lipinski definition) is 5. The van der Waals surface area contributed by atoms with Crippen molar-refractivity contribution >= 4 is 70.9 Å². The highest BCUT2D eigenvalue weighted by atomic mass is 16.3. The van der Waals surface area contributed by atoms with Crippen molar-refractivity contribution in [3.63, 3.8) is 0 Å². The molecule has 2 fully saturated rings. The minimum Gasteiger partial charge on any atom is -0.391 e. The number of likely N-dealkylation sites (tertiary alicyclic amines) is 1. The molecule has 2 aromatic rings. The number of carbonyl (C=O) groups is 12. The van der Waals surface area contributed by atoms with E-state index >= 15 is 14.4 Å². The van der Waals surface area contributed by atoms with E-state index < -0.39 is 156 Å². The molecule has 11 atom stereocenters. The molecular formula is C72H114N12O13. The Hall–Kier alpha value is -7.96. The Morgan fingerprint density at radius 1 is 0.495 bits per heavy atom. The number of piperidine rings is 1. The molecule has 97 heavy (non-hydrogen) atoms. The molecule has 2 saturated heterocycles. The first kappa shape index (κ1) is 81.5. The Kier molecular flexibility index (Phi) is 32.1. The molecule has 12 amide bonds. The minimum atomic E-state index is -1.67. The van der Waals surface area contributed by atoms with Gasteiger partial charge in [0.15, 0.2) is 0 Å². The van der Waals surface area contributed by atoms with Crippen LogP contribution in [-0.4, -0.2) is 250 Å². The van der Waals surface area contributed by atoms with Gasteiger partial charge >= 0.3 is 0 Å². The summed E-state index contributed by atoms with van der Waals surface area (Å²) >= 11 is 0. The monoisotopic (exact) mass is 1350 g/mol. The summed E-state index contributed by atoms with van der Waals surface area (Å²) in [6, 6.07) is 4.96. The van der Waals surface area contributed by atoms with E-state index in [2.05, 4.69) is 21.3 Å². The van der Waals surface area contributed by atoms with Gasteiger partial charge in [-0.05, 0) is 106 Å². The third-order valence-corrected chi connectivity index (χ3v) is 18.7. The Morgan fingerprint density at radius 2 is 0.979 bits per heavy atom. The number of nitrogens with one attached hydrogen (secondary N) is 4. The quantitative estimate of drug-likeness (QED) is 0.161. The normalized spacial score (nSPS) is 25.5. The van der Waals surface area contributed by atoms with Gasteiger partial charge in [0, 0.05) is 68.3 Å². The van der Waals surface area contributed by atoms with E-state index in [1.807, 2.05) is 71.9 Å². The van der Waals surface area contributed by atoms with E-state index in [-0.39, 0.29) is 69.2 Å². The van der Waals surface area contributed by atoms with Gasteiger partial charge in [0.05, 0.1) is 19.1 Å². The summed E-state index contributed by atoms with van der Waals surface area (Å²) in [4.78, 5) is 189. The molecular weight excluding hydrogens is 1240 g/mol. The van der Waals surface area contributed by atoms with E-state index in [9.17, 15) is 48.3 Å². The first-order valence-corrected chi connectivity index (χ1v) is 34.7. The van der Waals surface area contributed by atoms with Crippen LogP contribution in [0.4, 0.5) is 0 Å². The van der Waals surface area contributed by atoms with Crippen LogP contribution in [0, 0.1) is 23.7 Å². The van der Waals surface area contributed by atoms with Crippen molar-refractivity contribution < 1.29 is 62.6 Å². The van der Waals surface area contributed by atoms with Gasteiger partial charge in [-0.15, -0.1) is 0 Å². The fourth-order valence-corrected chi connectivity index (χ4v) is 12.9. The molecule has 0 spiro atoms. The van der Waals surface area contributed by atoms with E-state index in [4.69, 9.17) is 0 Å². The van der Waals surface area contributed by atoms with Gasteiger partial charge in [-0.25, -0.2) is 0 Å². The molecule has 2 aliphatic rings. The molecule has 0 aliphatic carbocycles. The maximum absolute atomic E-state index is 15.1. The van der Waals surface area contributed by atoms with Crippen LogP contribution >= 0.6 is 0 Å². The lowest BCUT2D eigenvalue weighted by Crippen LogP contribution is -2.62. The fraction of sp³-hybridized carbons (Fsp3) is 0.667. The van der Waals surface area contributed by atoms with Gasteiger partial charge in [0.2, 0.25) is 70.9 Å². The summed E-state index contributed by atoms with van der Waals surface area (Å²) in [5.74, 6) is -9.54. The summed E-state index contributed by atoms with van der Waals surface area (Å²) in [6.07, 6.45) is 0.648. The molecule has 2 aromatic carbocycles. The number of hydrogen-bond acceptors (Lipinski definition) is 13. The Morgan fingerprint density at radius 3 is 1.51 bits per heavy atom. The molecule has 2 aliphatic heterocycles. The lowest BCUT2D eigenvalue weighted by molar-refractivity contribution is -0.151. The van der Waals surface area contributed by atoms with Crippen molar-refractivity contribution in [2.24, 2.45) is 23.7 Å². The third kappa shape index (κ3) is 22.8. The Balaban J connectivity index is 1.94. The summed E-state index contributed by atoms with van der Waals surface area (Å²) in [5, 5.41) is 22.6. The summed E-state index contributed by atoms with van der Waals surface area (Å²) in [6.45, 7) is 20.6. The minimum absolute atomic E-state index is 0.00833. The average Bonchev–Trinajstić information content (AvgIpc) is 0.837. The van der Waals surface area contributed by atoms with Crippen molar-refractivity contribution in [1.29, 1.82) is 0 Å². The Bertz CT molecular complexity index is 3000. The molecule has 540 valence electrons. The van der Waals surface area contributed by atoms with E-state index in [0.717, 1.165) is 12.0 Å². The zero-order valence-corrected chi connectivity index (χ0v) is 61.0. The van der Waals surface area contributed by atoms with Crippen LogP contribution in [0.25, 0.3) is 0 Å². The second kappa shape index (κ2) is 38.3. The average molecular weight is 1360 g/mol. The van der Waals surface area contributed by atoms with Crippen molar-refractivity contribution in [2.45, 2.75) is 220 Å². The topological polar surface area (TPSA) is 299 Å². The number of rotatable bonds is 16. The molecule has 0 unspecified atom stereocenters. The number of benzene rings is 2. The van der Waals surface area contributed by atoms with Gasteiger partial charge in [-0.1, -0.05) is 130 Å². The van der Waals surface area contributed by atoms with Crippen molar-refractivity contribution in [1.82, 2.24) is 60.5 Å². The highest BCUT2D eigenvalue weighted by Gasteiger charge is 2.44. The van der Waals surface area contributed by atoms with Crippen LogP contribution in [-0.2, 0) is 70.4 Å². The number of nitrogens with zero attached hydrogens (tertiary/aromatic N) is 8. The maximum atomic E-state index is 15.1. The van der Waals surface area contributed by atoms with Crippen LogP contribution in [0.1, 0.15) is 152 Å². The lowest BCUT2D eigenvalue weighted by Gasteiger charge is -2.38. The van der Waals surface area contributed by atoms with Crippen LogP contribution in [0.2, 0.25) is 0 Å². The summed E-state index contributed by atoms with van der Waals surface area (Å²) < 4.78 is 0. The zero-order valence-electron chi connectivity index (χ0n) is 61.0. The molecule has 5 N–H and O–H groups in total. The van der Waals surface area contributed by atoms with Crippen LogP contribution in [0.15, 0.2) is 60.7 Å². The molecule has 0 radical (unpaired) electrons. The molecule has 0 bridgehead atoms. The van der Waals surface area contributed by atoms with Gasteiger partial charge < -0.3 is 65.6 Å². The van der Waals surface area contributed by atoms with Gasteiger partial charge in [-0.3, -0.25) is 57.5 Å². The standard InChI is InChI=1S/C72H114N12O13/c1-19-54-63(88)76-61(49(12)85)72(97)84(37-34-50-30-24-21-25-31-50)43-60(87)77(13)56(39-45(5)6)65(90)74-53(69(94)83-35-28-23-29-36-83)42-59(86)82(18)62(47(9)10)66(91)75-52(38-44(3)4)68(93)79(15)55(20-2)70(95)80(16)57(41-51-32-26-22-27-33-51)64(89)73-48(11)67(92)81(17)58(40-46(7)8)71(96)78(54)14/h21-22,24-27,30-33,44-49,52-58,61-62,85H,19-20,23,28-29,34-43H2,1-18H3,(H,73,89)(H,74,90)(H,75,91)(H,76,88)/t48-,49+,52-,53-,54-,55-,56-,57-,58-,61-,62-/m0/s1. The van der Waals surface area contributed by atoms with Crippen molar-refractivity contribution in [3.8, 4) is 0 Å². The SMILES string of the molecule is CC[C@H]1C(=O)N(C)[C@@H](Cc2ccccc2)C(=O)N[C@@H](C)C(=O)N(C)[C@@H](CC(C)C)C(=O)N(C)[C@@H](CC)C(=O)N[C@@H]([C@@H](C)O)C(=O)N(CCc2ccccc2)CC(=O)N(C)[C@@H](CC(C)C)C(=O)N[C@H](C(=O)N2CCCCC2)CC(=O)N(C)[C@@H](C(C)C)C(=O)N[C@@H](CC(C)C)C(=O)N1C. The number of likely N-dealkylation sites (N-methyl/N-ethyl adjacent to an activating group) is 6. The van der Waals surface area contributed by atoms with Crippen LogP contribution < -0.4 is 21.3 Å². The van der Waals surface area contributed by atoms with Gasteiger partial charge in [0.1, 0.15) is 60.4 Å². The number of aliphatic hydroxyl groups is 1. The summed E-state index contributed by atoms with van der Waals surface area (Å²) in [7, 11) is 8.50. The predicted octanol–water partition coefficient (Wildman–Crippen LogP) is 3.63. The zero-order chi connectivity index (χ0) is 72.9. The number of amides is 12. The van der Waals surface area contributed by atoms with Crippen LogP contribution in [0.5, 0.6) is 0 Å². The molecule has 0 saturated carbocycles. The van der Waals surface area contributed by atoms with Gasteiger partial charge in [0.25, 0.3) is 0 Å². The molecule has 2 heterocycles. The second-order valence-corrected chi connectivity index (χ2v) is 28.1. The number of carbonyl (C=O) groups excluding carboxylic acids is 12.